The molecule has 0 amide bonds. The Balaban J connectivity index is 2.07. The average Bonchev–Trinajstić information content (AvgIpc) is 2.46. The minimum atomic E-state index is 0.522. The van der Waals surface area contributed by atoms with Gasteiger partial charge in [-0.15, -0.1) is 0 Å². The van der Waals surface area contributed by atoms with Gasteiger partial charge in [-0.2, -0.15) is 0 Å². The molecule has 0 aliphatic heterocycles. The second-order valence-electron chi connectivity index (χ2n) is 5.21. The first-order valence-corrected chi connectivity index (χ1v) is 8.46. The molecule has 2 aromatic carbocycles. The first-order valence-electron chi connectivity index (χ1n) is 6.91. The second kappa shape index (κ2) is 8.19. The maximum Gasteiger partial charge on any atom is 0.0595 e. The van der Waals surface area contributed by atoms with Crippen LogP contribution in [0.4, 0.5) is 0 Å². The lowest BCUT2D eigenvalue weighted by Gasteiger charge is -2.17. The van der Waals surface area contributed by atoms with Crippen LogP contribution in [-0.2, 0) is 12.8 Å². The molecule has 0 fully saturated rings. The molecular weight excluding hydrogens is 369 g/mol. The van der Waals surface area contributed by atoms with Crippen LogP contribution in [0.3, 0.4) is 0 Å². The van der Waals surface area contributed by atoms with Gasteiger partial charge in [0.2, 0.25) is 0 Å². The van der Waals surface area contributed by atoms with Gasteiger partial charge in [0.1, 0.15) is 0 Å². The van der Waals surface area contributed by atoms with Gasteiger partial charge < -0.3 is 5.32 Å². The van der Waals surface area contributed by atoms with Crippen molar-refractivity contribution in [3.05, 3.63) is 68.1 Å². The number of halogens is 3. The molecule has 1 N–H and O–H groups in total. The molecule has 2 aromatic rings. The minimum Gasteiger partial charge on any atom is -0.319 e. The maximum atomic E-state index is 6.10. The molecule has 0 saturated carbocycles. The number of nitrogens with one attached hydrogen (secondary N) is 1. The highest BCUT2D eigenvalue weighted by molar-refractivity contribution is 9.10. The molecule has 0 radical (unpaired) electrons. The van der Waals surface area contributed by atoms with Crippen LogP contribution in [0.15, 0.2) is 46.9 Å². The third kappa shape index (κ3) is 5.30. The lowest BCUT2D eigenvalue weighted by Crippen LogP contribution is -2.22. The van der Waals surface area contributed by atoms with Gasteiger partial charge in [0.15, 0.2) is 0 Å². The first-order chi connectivity index (χ1) is 10.1. The molecule has 21 heavy (non-hydrogen) atoms. The second-order valence-corrected chi connectivity index (χ2v) is 6.94. The van der Waals surface area contributed by atoms with Gasteiger partial charge in [-0.3, -0.25) is 0 Å². The van der Waals surface area contributed by atoms with E-state index in [1.54, 1.807) is 0 Å². The van der Waals surface area contributed by atoms with Crippen molar-refractivity contribution in [2.45, 2.75) is 12.8 Å². The third-order valence-corrected chi connectivity index (χ3v) is 4.71. The fourth-order valence-electron chi connectivity index (χ4n) is 2.46. The summed E-state index contributed by atoms with van der Waals surface area (Å²) in [4.78, 5) is 0. The highest BCUT2D eigenvalue weighted by atomic mass is 79.9. The van der Waals surface area contributed by atoms with E-state index < -0.39 is 0 Å². The van der Waals surface area contributed by atoms with Crippen molar-refractivity contribution in [3.8, 4) is 0 Å². The zero-order chi connectivity index (χ0) is 15.2. The largest absolute Gasteiger partial charge is 0.319 e. The molecule has 112 valence electrons. The average molecular weight is 387 g/mol. The molecule has 0 aliphatic carbocycles. The van der Waals surface area contributed by atoms with Gasteiger partial charge >= 0.3 is 0 Å². The standard InChI is InChI=1S/C17H18BrCl2N/c1-21-11-14(8-12-2-5-15(18)6-3-12)9-13-4-7-16(19)17(20)10-13/h2-7,10,14,21H,8-9,11H2,1H3. The zero-order valence-corrected chi connectivity index (χ0v) is 15.0. The fourth-order valence-corrected chi connectivity index (χ4v) is 3.04. The highest BCUT2D eigenvalue weighted by Gasteiger charge is 2.11. The lowest BCUT2D eigenvalue weighted by molar-refractivity contribution is 0.493. The van der Waals surface area contributed by atoms with Crippen LogP contribution in [-0.4, -0.2) is 13.6 Å². The summed E-state index contributed by atoms with van der Waals surface area (Å²) in [5.74, 6) is 0.522. The Hall–Kier alpha value is -0.540. The summed E-state index contributed by atoms with van der Waals surface area (Å²) in [5, 5.41) is 4.51. The Bertz CT molecular complexity index is 584. The van der Waals surface area contributed by atoms with Crippen molar-refractivity contribution >= 4 is 39.1 Å². The molecule has 0 heterocycles. The van der Waals surface area contributed by atoms with Crippen LogP contribution in [0.2, 0.25) is 10.0 Å². The molecule has 0 bridgehead atoms. The number of rotatable bonds is 6. The van der Waals surface area contributed by atoms with E-state index in [0.29, 0.717) is 16.0 Å². The molecule has 0 spiro atoms. The maximum absolute atomic E-state index is 6.10. The predicted octanol–water partition coefficient (Wildman–Crippen LogP) is 5.38. The van der Waals surface area contributed by atoms with Crippen LogP contribution in [0.1, 0.15) is 11.1 Å². The Morgan fingerprint density at radius 3 is 2.19 bits per heavy atom. The van der Waals surface area contributed by atoms with Crippen LogP contribution >= 0.6 is 39.1 Å². The van der Waals surface area contributed by atoms with Crippen LogP contribution in [0, 0.1) is 5.92 Å². The Kier molecular flexibility index (Phi) is 6.56. The minimum absolute atomic E-state index is 0.522. The molecule has 1 nitrogen and oxygen atoms in total. The quantitative estimate of drug-likeness (QED) is 0.702. The van der Waals surface area contributed by atoms with E-state index in [-0.39, 0.29) is 0 Å². The Morgan fingerprint density at radius 2 is 1.57 bits per heavy atom. The van der Waals surface area contributed by atoms with Gasteiger partial charge in [-0.1, -0.05) is 57.3 Å². The summed E-state index contributed by atoms with van der Waals surface area (Å²) in [7, 11) is 1.99. The van der Waals surface area contributed by atoms with Gasteiger partial charge in [0.05, 0.1) is 10.0 Å². The number of benzene rings is 2. The third-order valence-electron chi connectivity index (χ3n) is 3.44. The molecule has 0 aliphatic rings. The van der Waals surface area contributed by atoms with E-state index >= 15 is 0 Å². The summed E-state index contributed by atoms with van der Waals surface area (Å²) in [5.41, 5.74) is 2.57. The van der Waals surface area contributed by atoms with E-state index in [4.69, 9.17) is 23.2 Å². The molecule has 4 heteroatoms. The Morgan fingerprint density at radius 1 is 0.952 bits per heavy atom. The van der Waals surface area contributed by atoms with E-state index in [2.05, 4.69) is 51.6 Å². The molecular formula is C17H18BrCl2N. The van der Waals surface area contributed by atoms with Crippen LogP contribution in [0.25, 0.3) is 0 Å². The van der Waals surface area contributed by atoms with E-state index in [0.717, 1.165) is 23.9 Å². The predicted molar refractivity (Wildman–Crippen MR) is 95.4 cm³/mol. The van der Waals surface area contributed by atoms with Crippen molar-refractivity contribution in [1.82, 2.24) is 5.32 Å². The highest BCUT2D eigenvalue weighted by Crippen LogP contribution is 2.24. The summed E-state index contributed by atoms with van der Waals surface area (Å²) in [6, 6.07) is 14.4. The van der Waals surface area contributed by atoms with Crippen molar-refractivity contribution in [1.29, 1.82) is 0 Å². The van der Waals surface area contributed by atoms with Crippen molar-refractivity contribution in [2.75, 3.05) is 13.6 Å². The first kappa shape index (κ1) is 16.8. The SMILES string of the molecule is CNCC(Cc1ccc(Br)cc1)Cc1ccc(Cl)c(Cl)c1. The zero-order valence-electron chi connectivity index (χ0n) is 11.9. The topological polar surface area (TPSA) is 12.0 Å². The smallest absolute Gasteiger partial charge is 0.0595 e. The summed E-state index contributed by atoms with van der Waals surface area (Å²) in [6.45, 7) is 0.969. The van der Waals surface area contributed by atoms with Gasteiger partial charge in [-0.25, -0.2) is 0 Å². The summed E-state index contributed by atoms with van der Waals surface area (Å²) in [6.07, 6.45) is 2.02. The van der Waals surface area contributed by atoms with Gasteiger partial charge in [0, 0.05) is 4.47 Å². The molecule has 1 atom stereocenters. The monoisotopic (exact) mass is 385 g/mol. The van der Waals surface area contributed by atoms with Gasteiger partial charge in [0.25, 0.3) is 0 Å². The van der Waals surface area contributed by atoms with Gasteiger partial charge in [-0.05, 0) is 67.7 Å². The summed E-state index contributed by atoms with van der Waals surface area (Å²) < 4.78 is 1.11. The molecule has 0 saturated heterocycles. The van der Waals surface area contributed by atoms with Crippen LogP contribution in [0.5, 0.6) is 0 Å². The van der Waals surface area contributed by atoms with Crippen molar-refractivity contribution in [2.24, 2.45) is 5.92 Å². The fraction of sp³-hybridized carbons (Fsp3) is 0.294. The number of hydrogen-bond donors (Lipinski definition) is 1. The molecule has 0 aromatic heterocycles. The number of hydrogen-bond acceptors (Lipinski definition) is 1. The van der Waals surface area contributed by atoms with E-state index in [9.17, 15) is 0 Å². The normalized spacial score (nSPS) is 12.4. The summed E-state index contributed by atoms with van der Waals surface area (Å²) >= 11 is 15.5. The molecule has 1 unspecified atom stereocenters. The van der Waals surface area contributed by atoms with Crippen LogP contribution < -0.4 is 5.32 Å². The molecule has 2 rings (SSSR count). The van der Waals surface area contributed by atoms with Crippen molar-refractivity contribution < 1.29 is 0 Å². The van der Waals surface area contributed by atoms with E-state index in [1.165, 1.54) is 11.1 Å². The van der Waals surface area contributed by atoms with E-state index in [1.807, 2.05) is 19.2 Å². The lowest BCUT2D eigenvalue weighted by atomic mass is 9.92. The Labute approximate surface area is 144 Å². The van der Waals surface area contributed by atoms with Crippen molar-refractivity contribution in [3.63, 3.8) is 0 Å².